The van der Waals surface area contributed by atoms with Crippen LogP contribution in [0.1, 0.15) is 34.3 Å². The molecule has 0 unspecified atom stereocenters. The van der Waals surface area contributed by atoms with Crippen LogP contribution in [0.5, 0.6) is 5.75 Å². The maximum absolute atomic E-state index is 12.2. The third-order valence-electron chi connectivity index (χ3n) is 3.06. The van der Waals surface area contributed by atoms with Crippen LogP contribution >= 0.6 is 11.6 Å². The average molecular weight is 239 g/mol. The van der Waals surface area contributed by atoms with Gasteiger partial charge in [0.15, 0.2) is 5.78 Å². The molecule has 1 fully saturated rings. The van der Waals surface area contributed by atoms with Crippen molar-refractivity contribution in [2.24, 2.45) is 5.92 Å². The fourth-order valence-corrected chi connectivity index (χ4v) is 2.22. The second-order valence-corrected chi connectivity index (χ2v) is 4.75. The first-order valence-electron chi connectivity index (χ1n) is 5.44. The summed E-state index contributed by atoms with van der Waals surface area (Å²) in [5.74, 6) is 1.05. The molecule has 0 aliphatic heterocycles. The van der Waals surface area contributed by atoms with Crippen LogP contribution in [0.3, 0.4) is 0 Å². The molecule has 1 aromatic rings. The minimum Gasteiger partial charge on any atom is -0.496 e. The Morgan fingerprint density at radius 3 is 2.56 bits per heavy atom. The third kappa shape index (κ3) is 1.82. The molecule has 2 nitrogen and oxygen atoms in total. The van der Waals surface area contributed by atoms with E-state index in [0.717, 1.165) is 24.0 Å². The van der Waals surface area contributed by atoms with Crippen LogP contribution in [0.4, 0.5) is 0 Å². The van der Waals surface area contributed by atoms with Crippen molar-refractivity contribution in [1.29, 1.82) is 0 Å². The van der Waals surface area contributed by atoms with Gasteiger partial charge >= 0.3 is 0 Å². The molecule has 0 amide bonds. The number of ketones is 1. The van der Waals surface area contributed by atoms with E-state index in [9.17, 15) is 4.79 Å². The Balaban J connectivity index is 2.59. The van der Waals surface area contributed by atoms with Gasteiger partial charge in [-0.2, -0.15) is 0 Å². The average Bonchev–Trinajstić information content (AvgIpc) is 3.05. The zero-order valence-electron chi connectivity index (χ0n) is 9.76. The van der Waals surface area contributed by atoms with Gasteiger partial charge < -0.3 is 4.74 Å². The topological polar surface area (TPSA) is 26.3 Å². The molecule has 0 N–H and O–H groups in total. The van der Waals surface area contributed by atoms with Gasteiger partial charge in [-0.15, -0.1) is 0 Å². The van der Waals surface area contributed by atoms with Gasteiger partial charge in [-0.05, 0) is 43.9 Å². The lowest BCUT2D eigenvalue weighted by molar-refractivity contribution is 0.0964. The van der Waals surface area contributed by atoms with Crippen molar-refractivity contribution in [3.8, 4) is 5.75 Å². The van der Waals surface area contributed by atoms with Crippen molar-refractivity contribution in [3.05, 3.63) is 27.8 Å². The van der Waals surface area contributed by atoms with E-state index in [1.165, 1.54) is 0 Å². The molecule has 0 radical (unpaired) electrons. The van der Waals surface area contributed by atoms with Crippen molar-refractivity contribution in [1.82, 2.24) is 0 Å². The fraction of sp³-hybridized carbons (Fsp3) is 0.462. The third-order valence-corrected chi connectivity index (χ3v) is 3.45. The van der Waals surface area contributed by atoms with E-state index in [2.05, 4.69) is 0 Å². The van der Waals surface area contributed by atoms with E-state index >= 15 is 0 Å². The number of Topliss-reactive ketones (excluding diaryl/α,β-unsaturated/α-hetero) is 1. The minimum atomic E-state index is 0.181. The van der Waals surface area contributed by atoms with Crippen molar-refractivity contribution in [2.45, 2.75) is 26.7 Å². The monoisotopic (exact) mass is 238 g/mol. The highest BCUT2D eigenvalue weighted by atomic mass is 35.5. The molecule has 0 saturated heterocycles. The SMILES string of the molecule is COc1c(C)cc(Cl)c(C)c1C(=O)C1CC1. The predicted octanol–water partition coefficient (Wildman–Crippen LogP) is 3.56. The van der Waals surface area contributed by atoms with Crippen LogP contribution in [0, 0.1) is 19.8 Å². The Bertz CT molecular complexity index is 448. The number of methoxy groups -OCH3 is 1. The van der Waals surface area contributed by atoms with Crippen LogP contribution in [0.25, 0.3) is 0 Å². The zero-order chi connectivity index (χ0) is 11.9. The highest BCUT2D eigenvalue weighted by Crippen LogP contribution is 2.39. The van der Waals surface area contributed by atoms with E-state index < -0.39 is 0 Å². The summed E-state index contributed by atoms with van der Waals surface area (Å²) in [6.07, 6.45) is 1.99. The largest absolute Gasteiger partial charge is 0.496 e. The molecule has 16 heavy (non-hydrogen) atoms. The van der Waals surface area contributed by atoms with Crippen LogP contribution < -0.4 is 4.74 Å². The number of aryl methyl sites for hydroxylation is 1. The maximum Gasteiger partial charge on any atom is 0.169 e. The first-order chi connectivity index (χ1) is 7.56. The molecule has 0 spiro atoms. The second-order valence-electron chi connectivity index (χ2n) is 4.35. The number of hydrogen-bond acceptors (Lipinski definition) is 2. The lowest BCUT2D eigenvalue weighted by atomic mass is 9.97. The molecule has 0 aromatic heterocycles. The van der Waals surface area contributed by atoms with Gasteiger partial charge in [-0.3, -0.25) is 4.79 Å². The number of ether oxygens (including phenoxy) is 1. The van der Waals surface area contributed by atoms with E-state index in [-0.39, 0.29) is 11.7 Å². The van der Waals surface area contributed by atoms with Crippen LogP contribution in [-0.4, -0.2) is 12.9 Å². The predicted molar refractivity (Wildman–Crippen MR) is 64.5 cm³/mol. The Morgan fingerprint density at radius 1 is 1.44 bits per heavy atom. The standard InChI is InChI=1S/C13H15ClO2/c1-7-6-10(14)8(2)11(13(7)16-3)12(15)9-4-5-9/h6,9H,4-5H2,1-3H3. The quantitative estimate of drug-likeness (QED) is 0.753. The molecule has 2 rings (SSSR count). The smallest absolute Gasteiger partial charge is 0.169 e. The Hall–Kier alpha value is -1.02. The summed E-state index contributed by atoms with van der Waals surface area (Å²) >= 11 is 6.11. The molecule has 1 aliphatic rings. The van der Waals surface area contributed by atoms with E-state index in [0.29, 0.717) is 16.3 Å². The fourth-order valence-electron chi connectivity index (χ4n) is 1.96. The van der Waals surface area contributed by atoms with Crippen molar-refractivity contribution >= 4 is 17.4 Å². The minimum absolute atomic E-state index is 0.181. The molecular formula is C13H15ClO2. The van der Waals surface area contributed by atoms with Gasteiger partial charge in [0.05, 0.1) is 12.7 Å². The Morgan fingerprint density at radius 2 is 2.06 bits per heavy atom. The first-order valence-corrected chi connectivity index (χ1v) is 5.82. The van der Waals surface area contributed by atoms with Gasteiger partial charge in [0.1, 0.15) is 5.75 Å². The number of carbonyl (C=O) groups is 1. The highest BCUT2D eigenvalue weighted by molar-refractivity contribution is 6.32. The van der Waals surface area contributed by atoms with Gasteiger partial charge in [-0.1, -0.05) is 11.6 Å². The van der Waals surface area contributed by atoms with Crippen LogP contribution in [-0.2, 0) is 0 Å². The number of rotatable bonds is 3. The van der Waals surface area contributed by atoms with E-state index in [1.807, 2.05) is 19.9 Å². The molecule has 1 saturated carbocycles. The first kappa shape index (κ1) is 11.5. The summed E-state index contributed by atoms with van der Waals surface area (Å²) in [4.78, 5) is 12.2. The second kappa shape index (κ2) is 4.10. The van der Waals surface area contributed by atoms with Crippen molar-refractivity contribution in [2.75, 3.05) is 7.11 Å². The van der Waals surface area contributed by atoms with Gasteiger partial charge in [0.2, 0.25) is 0 Å². The van der Waals surface area contributed by atoms with Crippen molar-refractivity contribution in [3.63, 3.8) is 0 Å². The lowest BCUT2D eigenvalue weighted by Gasteiger charge is -2.14. The molecule has 1 aliphatic carbocycles. The van der Waals surface area contributed by atoms with Crippen LogP contribution in [0.2, 0.25) is 5.02 Å². The molecule has 0 heterocycles. The molecule has 86 valence electrons. The van der Waals surface area contributed by atoms with E-state index in [1.54, 1.807) is 7.11 Å². The summed E-state index contributed by atoms with van der Waals surface area (Å²) in [5.41, 5.74) is 2.43. The summed E-state index contributed by atoms with van der Waals surface area (Å²) in [5, 5.41) is 0.641. The van der Waals surface area contributed by atoms with Gasteiger partial charge in [0.25, 0.3) is 0 Å². The number of halogens is 1. The number of hydrogen-bond donors (Lipinski definition) is 0. The number of benzene rings is 1. The summed E-state index contributed by atoms with van der Waals surface area (Å²) in [7, 11) is 1.60. The molecular weight excluding hydrogens is 224 g/mol. The van der Waals surface area contributed by atoms with Crippen LogP contribution in [0.15, 0.2) is 6.07 Å². The van der Waals surface area contributed by atoms with E-state index in [4.69, 9.17) is 16.3 Å². The van der Waals surface area contributed by atoms with Gasteiger partial charge in [-0.25, -0.2) is 0 Å². The summed E-state index contributed by atoms with van der Waals surface area (Å²) in [6.45, 7) is 3.79. The maximum atomic E-state index is 12.2. The molecule has 0 atom stereocenters. The zero-order valence-corrected chi connectivity index (χ0v) is 10.5. The lowest BCUT2D eigenvalue weighted by Crippen LogP contribution is -2.08. The Labute approximate surface area is 101 Å². The summed E-state index contributed by atoms with van der Waals surface area (Å²) < 4.78 is 5.33. The molecule has 1 aromatic carbocycles. The molecule has 3 heteroatoms. The summed E-state index contributed by atoms with van der Waals surface area (Å²) in [6, 6.07) is 1.85. The van der Waals surface area contributed by atoms with Gasteiger partial charge in [0, 0.05) is 10.9 Å². The Kier molecular flexibility index (Phi) is 2.94. The number of carbonyl (C=O) groups excluding carboxylic acids is 1. The van der Waals surface area contributed by atoms with Crippen molar-refractivity contribution < 1.29 is 9.53 Å². The molecule has 0 bridgehead atoms. The highest BCUT2D eigenvalue weighted by Gasteiger charge is 2.34. The normalized spacial score (nSPS) is 15.0.